The molecule has 0 saturated heterocycles. The number of amides is 1. The molecule has 140 valence electrons. The van der Waals surface area contributed by atoms with Crippen molar-refractivity contribution in [2.24, 2.45) is 0 Å². The second-order valence-electron chi connectivity index (χ2n) is 5.73. The van der Waals surface area contributed by atoms with Crippen molar-refractivity contribution in [1.29, 1.82) is 0 Å². The summed E-state index contributed by atoms with van der Waals surface area (Å²) in [5.74, 6) is -2.97. The monoisotopic (exact) mass is 416 g/mol. The zero-order valence-corrected chi connectivity index (χ0v) is 15.5. The highest BCUT2D eigenvalue weighted by Crippen LogP contribution is 2.36. The van der Waals surface area contributed by atoms with Gasteiger partial charge in [-0.15, -0.1) is 11.3 Å². The van der Waals surface area contributed by atoms with Gasteiger partial charge in [0.25, 0.3) is 5.89 Å². The predicted octanol–water partition coefficient (Wildman–Crippen LogP) is 5.30. The molecule has 1 amide bonds. The quantitative estimate of drug-likeness (QED) is 0.471. The highest BCUT2D eigenvalue weighted by atomic mass is 35.5. The second-order valence-corrected chi connectivity index (χ2v) is 7.04. The molecule has 4 rings (SSSR count). The van der Waals surface area contributed by atoms with E-state index in [0.717, 1.165) is 11.3 Å². The van der Waals surface area contributed by atoms with E-state index in [1.54, 1.807) is 24.3 Å². The molecular weight excluding hydrogens is 407 g/mol. The van der Waals surface area contributed by atoms with E-state index in [1.807, 2.05) is 0 Å². The van der Waals surface area contributed by atoms with Crippen LogP contribution in [0.25, 0.3) is 21.5 Å². The zero-order chi connectivity index (χ0) is 19.8. The van der Waals surface area contributed by atoms with Gasteiger partial charge in [-0.05, 0) is 29.8 Å². The van der Waals surface area contributed by atoms with Gasteiger partial charge in [0.2, 0.25) is 0 Å². The molecule has 0 radical (unpaired) electrons. The molecule has 0 unspecified atom stereocenters. The summed E-state index contributed by atoms with van der Waals surface area (Å²) >= 11 is 7.03. The Morgan fingerprint density at radius 2 is 1.93 bits per heavy atom. The molecule has 0 saturated carbocycles. The number of hydrogen-bond acceptors (Lipinski definition) is 5. The number of carbonyl (C=O) groups excluding carboxylic acids is 1. The number of nitrogens with zero attached hydrogens (tertiary/aromatic N) is 1. The SMILES string of the molecule is O=C(Nc1csc(-c2ccc(Cl)cc2)c1C(=O)O)c1nc2c(F)cccc2o1. The number of halogens is 2. The first kappa shape index (κ1) is 18.1. The van der Waals surface area contributed by atoms with Crippen molar-refractivity contribution in [1.82, 2.24) is 4.98 Å². The van der Waals surface area contributed by atoms with E-state index in [4.69, 9.17) is 16.0 Å². The minimum absolute atomic E-state index is 0.0667. The zero-order valence-electron chi connectivity index (χ0n) is 13.9. The number of carbonyl (C=O) groups is 2. The Morgan fingerprint density at radius 3 is 2.61 bits per heavy atom. The van der Waals surface area contributed by atoms with Gasteiger partial charge in [0.15, 0.2) is 11.4 Å². The van der Waals surface area contributed by atoms with Crippen molar-refractivity contribution >= 4 is 51.6 Å². The average molecular weight is 417 g/mol. The third-order valence-corrected chi connectivity index (χ3v) is 5.20. The minimum Gasteiger partial charge on any atom is -0.478 e. The Kier molecular flexibility index (Phi) is 4.58. The lowest BCUT2D eigenvalue weighted by atomic mass is 10.1. The van der Waals surface area contributed by atoms with Gasteiger partial charge in [-0.25, -0.2) is 14.2 Å². The van der Waals surface area contributed by atoms with Crippen LogP contribution in [-0.2, 0) is 0 Å². The van der Waals surface area contributed by atoms with Crippen LogP contribution in [0.1, 0.15) is 21.0 Å². The molecule has 28 heavy (non-hydrogen) atoms. The standard InChI is InChI=1S/C19H10ClFN2O4S/c20-10-6-4-9(5-7-10)16-14(19(25)26)12(8-28-16)22-17(24)18-23-15-11(21)2-1-3-13(15)27-18/h1-8H,(H,22,24)(H,25,26). The van der Waals surface area contributed by atoms with Gasteiger partial charge in [-0.2, -0.15) is 0 Å². The second kappa shape index (κ2) is 7.06. The summed E-state index contributed by atoms with van der Waals surface area (Å²) < 4.78 is 19.0. The summed E-state index contributed by atoms with van der Waals surface area (Å²) in [6, 6.07) is 10.8. The van der Waals surface area contributed by atoms with E-state index in [2.05, 4.69) is 10.3 Å². The van der Waals surface area contributed by atoms with E-state index in [0.29, 0.717) is 15.5 Å². The molecule has 0 aliphatic heterocycles. The van der Waals surface area contributed by atoms with E-state index >= 15 is 0 Å². The number of carboxylic acids is 1. The third-order valence-electron chi connectivity index (χ3n) is 3.92. The Morgan fingerprint density at radius 1 is 1.18 bits per heavy atom. The summed E-state index contributed by atoms with van der Waals surface area (Å²) in [5.41, 5.74) is 0.725. The number of thiophene rings is 1. The van der Waals surface area contributed by atoms with Crippen LogP contribution in [0, 0.1) is 5.82 Å². The Bertz CT molecular complexity index is 1220. The maximum Gasteiger partial charge on any atom is 0.339 e. The van der Waals surface area contributed by atoms with Gasteiger partial charge in [0, 0.05) is 10.4 Å². The Balaban J connectivity index is 1.69. The van der Waals surface area contributed by atoms with E-state index in [1.165, 1.54) is 23.6 Å². The highest BCUT2D eigenvalue weighted by molar-refractivity contribution is 7.14. The van der Waals surface area contributed by atoms with Crippen molar-refractivity contribution in [2.45, 2.75) is 0 Å². The molecule has 2 N–H and O–H groups in total. The number of anilines is 1. The summed E-state index contributed by atoms with van der Waals surface area (Å²) in [4.78, 5) is 28.6. The topological polar surface area (TPSA) is 92.4 Å². The lowest BCUT2D eigenvalue weighted by Crippen LogP contribution is -2.14. The average Bonchev–Trinajstić information content (AvgIpc) is 3.27. The number of hydrogen-bond donors (Lipinski definition) is 2. The molecule has 2 aromatic heterocycles. The maximum atomic E-state index is 13.7. The Hall–Kier alpha value is -3.23. The number of oxazole rings is 1. The lowest BCUT2D eigenvalue weighted by molar-refractivity contribution is 0.0699. The molecular formula is C19H10ClFN2O4S. The minimum atomic E-state index is -1.20. The van der Waals surface area contributed by atoms with Crippen LogP contribution in [-0.4, -0.2) is 22.0 Å². The molecule has 0 aliphatic rings. The van der Waals surface area contributed by atoms with Crippen LogP contribution in [0.4, 0.5) is 10.1 Å². The number of nitrogens with one attached hydrogen (secondary N) is 1. The number of aromatic carboxylic acids is 1. The molecule has 2 heterocycles. The van der Waals surface area contributed by atoms with Crippen LogP contribution >= 0.6 is 22.9 Å². The summed E-state index contributed by atoms with van der Waals surface area (Å²) in [6.45, 7) is 0. The molecule has 4 aromatic rings. The molecule has 0 fully saturated rings. The van der Waals surface area contributed by atoms with Crippen LogP contribution in [0.2, 0.25) is 5.02 Å². The van der Waals surface area contributed by atoms with Gasteiger partial charge in [0.05, 0.1) is 10.6 Å². The number of benzene rings is 2. The summed E-state index contributed by atoms with van der Waals surface area (Å²) in [5, 5.41) is 14.1. The molecule has 9 heteroatoms. The van der Waals surface area contributed by atoms with Crippen molar-refractivity contribution in [3.05, 3.63) is 70.1 Å². The van der Waals surface area contributed by atoms with E-state index < -0.39 is 17.7 Å². The predicted molar refractivity (Wildman–Crippen MR) is 104 cm³/mol. The van der Waals surface area contributed by atoms with Crippen LogP contribution in [0.15, 0.2) is 52.3 Å². The number of rotatable bonds is 4. The first-order valence-electron chi connectivity index (χ1n) is 7.91. The molecule has 0 aliphatic carbocycles. The number of para-hydroxylation sites is 1. The first-order chi connectivity index (χ1) is 13.4. The van der Waals surface area contributed by atoms with Crippen molar-refractivity contribution < 1.29 is 23.5 Å². The summed E-state index contributed by atoms with van der Waals surface area (Å²) in [7, 11) is 0. The van der Waals surface area contributed by atoms with Gasteiger partial charge in [-0.1, -0.05) is 29.8 Å². The smallest absolute Gasteiger partial charge is 0.339 e. The Labute approximate surface area is 166 Å². The molecule has 0 atom stereocenters. The fraction of sp³-hybridized carbons (Fsp3) is 0. The van der Waals surface area contributed by atoms with Gasteiger partial charge in [-0.3, -0.25) is 4.79 Å². The number of carboxylic acid groups (broad SMARTS) is 1. The number of aromatic nitrogens is 1. The molecule has 0 spiro atoms. The van der Waals surface area contributed by atoms with Crippen molar-refractivity contribution in [3.8, 4) is 10.4 Å². The first-order valence-corrected chi connectivity index (χ1v) is 9.17. The van der Waals surface area contributed by atoms with Gasteiger partial charge >= 0.3 is 11.9 Å². The summed E-state index contributed by atoms with van der Waals surface area (Å²) in [6.07, 6.45) is 0. The van der Waals surface area contributed by atoms with Gasteiger partial charge < -0.3 is 14.8 Å². The van der Waals surface area contributed by atoms with Crippen LogP contribution in [0.3, 0.4) is 0 Å². The van der Waals surface area contributed by atoms with E-state index in [-0.39, 0.29) is 28.2 Å². The number of fused-ring (bicyclic) bond motifs is 1. The normalized spacial score (nSPS) is 10.9. The van der Waals surface area contributed by atoms with Crippen molar-refractivity contribution in [2.75, 3.05) is 5.32 Å². The largest absolute Gasteiger partial charge is 0.478 e. The fourth-order valence-corrected chi connectivity index (χ4v) is 3.79. The molecule has 0 bridgehead atoms. The van der Waals surface area contributed by atoms with Gasteiger partial charge in [0.1, 0.15) is 11.1 Å². The van der Waals surface area contributed by atoms with Crippen LogP contribution < -0.4 is 5.32 Å². The maximum absolute atomic E-state index is 13.7. The molecule has 2 aromatic carbocycles. The fourth-order valence-electron chi connectivity index (χ4n) is 2.66. The van der Waals surface area contributed by atoms with E-state index in [9.17, 15) is 19.1 Å². The third kappa shape index (κ3) is 3.23. The lowest BCUT2D eigenvalue weighted by Gasteiger charge is -2.04. The molecule has 6 nitrogen and oxygen atoms in total. The highest BCUT2D eigenvalue weighted by Gasteiger charge is 2.23. The van der Waals surface area contributed by atoms with Crippen molar-refractivity contribution in [3.63, 3.8) is 0 Å². The van der Waals surface area contributed by atoms with Crippen LogP contribution in [0.5, 0.6) is 0 Å².